The maximum atomic E-state index is 13.0. The maximum absolute atomic E-state index is 13.0. The number of nitrogens with zero attached hydrogens (tertiary/aromatic N) is 3. The van der Waals surface area contributed by atoms with Gasteiger partial charge < -0.3 is 9.64 Å². The average molecular weight is 340 g/mol. The number of aromatic amines is 1. The van der Waals surface area contributed by atoms with Gasteiger partial charge in [-0.2, -0.15) is 5.10 Å². The Morgan fingerprint density at radius 1 is 1.16 bits per heavy atom. The molecule has 0 radical (unpaired) electrons. The van der Waals surface area contributed by atoms with Gasteiger partial charge >= 0.3 is 0 Å². The molecule has 4 rings (SSSR count). The number of carbonyl (C=O) groups is 1. The summed E-state index contributed by atoms with van der Waals surface area (Å²) in [6.07, 6.45) is 3.71. The summed E-state index contributed by atoms with van der Waals surface area (Å²) in [6.45, 7) is 4.04. The molecule has 2 aliphatic heterocycles. The van der Waals surface area contributed by atoms with Crippen LogP contribution < -0.4 is 0 Å². The van der Waals surface area contributed by atoms with Crippen LogP contribution in [-0.4, -0.2) is 71.3 Å². The molecule has 0 bridgehead atoms. The number of likely N-dealkylation sites (N-methyl/N-ethyl adjacent to an activating group) is 1. The van der Waals surface area contributed by atoms with E-state index >= 15 is 0 Å². The number of piperazine rings is 1. The number of benzene rings is 1. The predicted molar refractivity (Wildman–Crippen MR) is 95.3 cm³/mol. The Hall–Kier alpha value is -2.18. The molecule has 6 heteroatoms. The first-order chi connectivity index (χ1) is 12.2. The van der Waals surface area contributed by atoms with Gasteiger partial charge in [0.15, 0.2) is 0 Å². The van der Waals surface area contributed by atoms with Crippen molar-refractivity contribution in [3.8, 4) is 11.3 Å². The smallest absolute Gasteiger partial charge is 0.253 e. The molecule has 1 amide bonds. The Balaban J connectivity index is 1.50. The second-order valence-corrected chi connectivity index (χ2v) is 7.03. The first-order valence-electron chi connectivity index (χ1n) is 8.86. The van der Waals surface area contributed by atoms with Crippen LogP contribution in [0.1, 0.15) is 23.2 Å². The monoisotopic (exact) mass is 340 g/mol. The molecule has 0 unspecified atom stereocenters. The molecular formula is C19H24N4O2. The summed E-state index contributed by atoms with van der Waals surface area (Å²) < 4.78 is 5.54. The molecule has 6 nitrogen and oxygen atoms in total. The highest BCUT2D eigenvalue weighted by Crippen LogP contribution is 2.31. The van der Waals surface area contributed by atoms with Gasteiger partial charge in [-0.1, -0.05) is 12.1 Å². The topological polar surface area (TPSA) is 61.5 Å². The van der Waals surface area contributed by atoms with Crippen molar-refractivity contribution in [3.05, 3.63) is 42.1 Å². The highest BCUT2D eigenvalue weighted by atomic mass is 16.5. The number of carbonyl (C=O) groups excluding carboxylic acids is 1. The number of rotatable bonds is 2. The number of nitrogens with one attached hydrogen (secondary N) is 1. The summed E-state index contributed by atoms with van der Waals surface area (Å²) in [5.41, 5.74) is 2.81. The van der Waals surface area contributed by atoms with Crippen molar-refractivity contribution in [3.63, 3.8) is 0 Å². The normalized spacial score (nSPS) is 20.8. The molecule has 132 valence electrons. The van der Waals surface area contributed by atoms with Crippen LogP contribution in [0.2, 0.25) is 0 Å². The molecule has 0 atom stereocenters. The molecule has 3 heterocycles. The highest BCUT2D eigenvalue weighted by Gasteiger charge is 2.42. The summed E-state index contributed by atoms with van der Waals surface area (Å²) in [5, 5.41) is 6.92. The number of aromatic nitrogens is 2. The molecule has 2 saturated heterocycles. The van der Waals surface area contributed by atoms with Crippen LogP contribution in [0, 0.1) is 0 Å². The van der Waals surface area contributed by atoms with Crippen LogP contribution in [0.4, 0.5) is 0 Å². The van der Waals surface area contributed by atoms with Gasteiger partial charge in [0.25, 0.3) is 5.91 Å². The van der Waals surface area contributed by atoms with Crippen molar-refractivity contribution >= 4 is 5.91 Å². The summed E-state index contributed by atoms with van der Waals surface area (Å²) in [4.78, 5) is 17.4. The van der Waals surface area contributed by atoms with Crippen molar-refractivity contribution in [2.75, 3.05) is 39.9 Å². The van der Waals surface area contributed by atoms with Gasteiger partial charge in [0, 0.05) is 50.1 Å². The van der Waals surface area contributed by atoms with Crippen LogP contribution in [0.15, 0.2) is 36.5 Å². The van der Waals surface area contributed by atoms with E-state index in [2.05, 4.69) is 22.1 Å². The summed E-state index contributed by atoms with van der Waals surface area (Å²) >= 11 is 0. The minimum Gasteiger partial charge on any atom is -0.381 e. The lowest BCUT2D eigenvalue weighted by Crippen LogP contribution is -2.63. The van der Waals surface area contributed by atoms with Gasteiger partial charge in [0.2, 0.25) is 0 Å². The van der Waals surface area contributed by atoms with Gasteiger partial charge in [-0.15, -0.1) is 0 Å². The fourth-order valence-corrected chi connectivity index (χ4v) is 3.92. The van der Waals surface area contributed by atoms with Crippen LogP contribution in [0.5, 0.6) is 0 Å². The van der Waals surface area contributed by atoms with Crippen LogP contribution in [0.3, 0.4) is 0 Å². The molecule has 2 fully saturated rings. The van der Waals surface area contributed by atoms with Crippen molar-refractivity contribution in [2.24, 2.45) is 0 Å². The third-order valence-electron chi connectivity index (χ3n) is 5.65. The average Bonchev–Trinajstić information content (AvgIpc) is 3.19. The molecular weight excluding hydrogens is 316 g/mol. The van der Waals surface area contributed by atoms with Crippen LogP contribution in [0.25, 0.3) is 11.3 Å². The number of hydrogen-bond acceptors (Lipinski definition) is 4. The molecule has 0 aliphatic carbocycles. The lowest BCUT2D eigenvalue weighted by molar-refractivity contribution is -0.0543. The zero-order valence-corrected chi connectivity index (χ0v) is 14.6. The minimum atomic E-state index is 0.0714. The van der Waals surface area contributed by atoms with Crippen molar-refractivity contribution in [1.29, 1.82) is 0 Å². The SMILES string of the molecule is CN1CCN(C(=O)c2ccc(-c3ccn[nH]3)cc2)CC12CCOCC2. The Morgan fingerprint density at radius 3 is 2.60 bits per heavy atom. The summed E-state index contributed by atoms with van der Waals surface area (Å²) in [5.74, 6) is 0.120. The summed E-state index contributed by atoms with van der Waals surface area (Å²) in [7, 11) is 2.17. The van der Waals surface area contributed by atoms with E-state index in [-0.39, 0.29) is 11.4 Å². The van der Waals surface area contributed by atoms with E-state index in [9.17, 15) is 4.79 Å². The van der Waals surface area contributed by atoms with Crippen molar-refractivity contribution < 1.29 is 9.53 Å². The zero-order valence-electron chi connectivity index (χ0n) is 14.6. The molecule has 0 saturated carbocycles. The zero-order chi connectivity index (χ0) is 17.3. The molecule has 2 aromatic rings. The van der Waals surface area contributed by atoms with E-state index in [1.165, 1.54) is 0 Å². The highest BCUT2D eigenvalue weighted by molar-refractivity contribution is 5.94. The second-order valence-electron chi connectivity index (χ2n) is 7.03. The van der Waals surface area contributed by atoms with E-state index in [1.54, 1.807) is 6.20 Å². The van der Waals surface area contributed by atoms with Crippen LogP contribution >= 0.6 is 0 Å². The lowest BCUT2D eigenvalue weighted by atomic mass is 9.85. The molecule has 2 aliphatic rings. The van der Waals surface area contributed by atoms with E-state index in [0.29, 0.717) is 0 Å². The van der Waals surface area contributed by atoms with E-state index in [0.717, 1.165) is 62.5 Å². The van der Waals surface area contributed by atoms with E-state index in [1.807, 2.05) is 35.2 Å². The Bertz CT molecular complexity index is 720. The van der Waals surface area contributed by atoms with Gasteiger partial charge in [0.1, 0.15) is 0 Å². The number of amides is 1. The quantitative estimate of drug-likeness (QED) is 0.908. The van der Waals surface area contributed by atoms with Gasteiger partial charge in [-0.3, -0.25) is 14.8 Å². The number of hydrogen-bond donors (Lipinski definition) is 1. The molecule has 1 spiro atoms. The van der Waals surface area contributed by atoms with Gasteiger partial charge in [-0.25, -0.2) is 0 Å². The molecule has 25 heavy (non-hydrogen) atoms. The standard InChI is InChI=1S/C19H24N4O2/c1-22-10-11-23(14-19(22)7-12-25-13-8-19)18(24)16-4-2-15(3-5-16)17-6-9-20-21-17/h2-6,9H,7-8,10-14H2,1H3,(H,20,21). The first kappa shape index (κ1) is 16.3. The largest absolute Gasteiger partial charge is 0.381 e. The minimum absolute atomic E-state index is 0.0714. The van der Waals surface area contributed by atoms with E-state index in [4.69, 9.17) is 4.74 Å². The first-order valence-corrected chi connectivity index (χ1v) is 8.86. The molecule has 1 N–H and O–H groups in total. The lowest BCUT2D eigenvalue weighted by Gasteiger charge is -2.51. The Labute approximate surface area is 147 Å². The molecule has 1 aromatic carbocycles. The van der Waals surface area contributed by atoms with Crippen molar-refractivity contribution in [2.45, 2.75) is 18.4 Å². The predicted octanol–water partition coefficient (Wildman–Crippen LogP) is 2.01. The fourth-order valence-electron chi connectivity index (χ4n) is 3.92. The molecule has 1 aromatic heterocycles. The van der Waals surface area contributed by atoms with Gasteiger partial charge in [-0.05, 0) is 43.7 Å². The third kappa shape index (κ3) is 3.07. The third-order valence-corrected chi connectivity index (χ3v) is 5.65. The fraction of sp³-hybridized carbons (Fsp3) is 0.474. The van der Waals surface area contributed by atoms with Crippen LogP contribution in [-0.2, 0) is 4.74 Å². The van der Waals surface area contributed by atoms with E-state index < -0.39 is 0 Å². The number of H-pyrrole nitrogens is 1. The van der Waals surface area contributed by atoms with Crippen molar-refractivity contribution in [1.82, 2.24) is 20.0 Å². The second kappa shape index (κ2) is 6.61. The Kier molecular flexibility index (Phi) is 4.31. The number of ether oxygens (including phenoxy) is 1. The Morgan fingerprint density at radius 2 is 1.92 bits per heavy atom. The van der Waals surface area contributed by atoms with Gasteiger partial charge in [0.05, 0.1) is 5.69 Å². The maximum Gasteiger partial charge on any atom is 0.253 e. The summed E-state index contributed by atoms with van der Waals surface area (Å²) in [6, 6.07) is 9.69.